The minimum Gasteiger partial charge on any atom is -0.479 e. The number of carbonyl (C=O) groups is 2. The van der Waals surface area contributed by atoms with Gasteiger partial charge in [-0.05, 0) is 45.4 Å². The van der Waals surface area contributed by atoms with E-state index in [9.17, 15) is 14.7 Å². The maximum atomic E-state index is 12.3. The predicted octanol–water partition coefficient (Wildman–Crippen LogP) is 3.77. The average molecular weight is 301 g/mol. The smallest absolute Gasteiger partial charge is 0.410 e. The van der Waals surface area contributed by atoms with Gasteiger partial charge in [0.15, 0.2) is 0 Å². The lowest BCUT2D eigenvalue weighted by Gasteiger charge is -2.41. The molecule has 0 aliphatic carbocycles. The second kappa shape index (κ2) is 7.14. The van der Waals surface area contributed by atoms with Crippen LogP contribution in [0, 0.1) is 11.8 Å². The van der Waals surface area contributed by atoms with Gasteiger partial charge >= 0.3 is 12.1 Å². The number of carboxylic acid groups (broad SMARTS) is 1. The molecule has 0 atom stereocenters. The van der Waals surface area contributed by atoms with E-state index in [4.69, 9.17) is 4.74 Å². The van der Waals surface area contributed by atoms with E-state index in [0.717, 1.165) is 0 Å². The van der Waals surface area contributed by atoms with Gasteiger partial charge in [-0.1, -0.05) is 27.7 Å². The minimum atomic E-state index is -1.23. The molecule has 0 radical (unpaired) electrons. The largest absolute Gasteiger partial charge is 0.479 e. The van der Waals surface area contributed by atoms with Gasteiger partial charge in [-0.3, -0.25) is 4.90 Å². The lowest BCUT2D eigenvalue weighted by atomic mass is 9.80. The van der Waals surface area contributed by atoms with Crippen LogP contribution < -0.4 is 0 Å². The summed E-state index contributed by atoms with van der Waals surface area (Å²) in [7, 11) is 1.52. The Balaban J connectivity index is 5.53. The minimum absolute atomic E-state index is 0.157. The molecule has 5 nitrogen and oxygen atoms in total. The first-order valence-corrected chi connectivity index (χ1v) is 7.52. The van der Waals surface area contributed by atoms with Crippen molar-refractivity contribution in [1.29, 1.82) is 0 Å². The number of aliphatic carboxylic acids is 1. The van der Waals surface area contributed by atoms with Crippen molar-refractivity contribution in [2.45, 2.75) is 72.4 Å². The van der Waals surface area contributed by atoms with Crippen molar-refractivity contribution in [2.24, 2.45) is 11.8 Å². The van der Waals surface area contributed by atoms with E-state index in [2.05, 4.69) is 0 Å². The third-order valence-corrected chi connectivity index (χ3v) is 3.20. The van der Waals surface area contributed by atoms with Crippen molar-refractivity contribution in [1.82, 2.24) is 4.90 Å². The third kappa shape index (κ3) is 5.94. The topological polar surface area (TPSA) is 66.8 Å². The number of rotatable bonds is 6. The van der Waals surface area contributed by atoms with Crippen LogP contribution in [0.4, 0.5) is 4.79 Å². The van der Waals surface area contributed by atoms with Crippen molar-refractivity contribution in [3.63, 3.8) is 0 Å². The van der Waals surface area contributed by atoms with Crippen molar-refractivity contribution in [3.8, 4) is 0 Å². The fourth-order valence-corrected chi connectivity index (χ4v) is 2.53. The Hall–Kier alpha value is -1.26. The van der Waals surface area contributed by atoms with Crippen LogP contribution >= 0.6 is 0 Å². The molecule has 0 fully saturated rings. The van der Waals surface area contributed by atoms with Gasteiger partial charge in [0.25, 0.3) is 0 Å². The first kappa shape index (κ1) is 19.7. The Morgan fingerprint density at radius 2 is 1.43 bits per heavy atom. The molecule has 0 rings (SSSR count). The van der Waals surface area contributed by atoms with Gasteiger partial charge in [0, 0.05) is 7.05 Å². The predicted molar refractivity (Wildman–Crippen MR) is 83.3 cm³/mol. The quantitative estimate of drug-likeness (QED) is 0.811. The van der Waals surface area contributed by atoms with Crippen molar-refractivity contribution < 1.29 is 19.4 Å². The van der Waals surface area contributed by atoms with E-state index in [-0.39, 0.29) is 11.8 Å². The van der Waals surface area contributed by atoms with E-state index in [1.165, 1.54) is 11.9 Å². The summed E-state index contributed by atoms with van der Waals surface area (Å²) in [5.74, 6) is -0.660. The summed E-state index contributed by atoms with van der Waals surface area (Å²) < 4.78 is 5.34. The molecule has 5 heteroatoms. The molecule has 0 aromatic heterocycles. The number of nitrogens with zero attached hydrogens (tertiary/aromatic N) is 1. The molecule has 21 heavy (non-hydrogen) atoms. The highest BCUT2D eigenvalue weighted by Crippen LogP contribution is 2.32. The van der Waals surface area contributed by atoms with Crippen LogP contribution in [0.1, 0.15) is 61.3 Å². The number of amides is 1. The number of hydrogen-bond donors (Lipinski definition) is 1. The Morgan fingerprint density at radius 1 is 1.05 bits per heavy atom. The van der Waals surface area contributed by atoms with Gasteiger partial charge in [-0.15, -0.1) is 0 Å². The van der Waals surface area contributed by atoms with Crippen LogP contribution in [0.2, 0.25) is 0 Å². The number of carbonyl (C=O) groups excluding carboxylic acids is 1. The molecule has 0 aromatic rings. The highest BCUT2D eigenvalue weighted by molar-refractivity contribution is 5.84. The highest BCUT2D eigenvalue weighted by Gasteiger charge is 2.46. The summed E-state index contributed by atoms with van der Waals surface area (Å²) in [5, 5.41) is 9.79. The third-order valence-electron chi connectivity index (χ3n) is 3.20. The zero-order valence-corrected chi connectivity index (χ0v) is 14.7. The second-order valence-corrected chi connectivity index (χ2v) is 7.57. The average Bonchev–Trinajstić information content (AvgIpc) is 2.22. The molecule has 0 saturated carbocycles. The number of carboxylic acids is 1. The Kier molecular flexibility index (Phi) is 6.71. The van der Waals surface area contributed by atoms with Gasteiger partial charge < -0.3 is 9.84 Å². The van der Waals surface area contributed by atoms with Crippen molar-refractivity contribution in [2.75, 3.05) is 7.05 Å². The Morgan fingerprint density at radius 3 is 1.67 bits per heavy atom. The summed E-state index contributed by atoms with van der Waals surface area (Å²) in [5.41, 5.74) is -1.88. The molecule has 1 N–H and O–H groups in total. The van der Waals surface area contributed by atoms with Gasteiger partial charge in [0.1, 0.15) is 11.1 Å². The van der Waals surface area contributed by atoms with Gasteiger partial charge in [-0.25, -0.2) is 9.59 Å². The number of ether oxygens (including phenoxy) is 1. The van der Waals surface area contributed by atoms with E-state index in [1.807, 2.05) is 27.7 Å². The van der Waals surface area contributed by atoms with Crippen molar-refractivity contribution >= 4 is 12.1 Å². The van der Waals surface area contributed by atoms with Crippen LogP contribution in [-0.4, -0.2) is 40.3 Å². The molecule has 0 aliphatic rings. The van der Waals surface area contributed by atoms with Crippen LogP contribution in [0.15, 0.2) is 0 Å². The highest BCUT2D eigenvalue weighted by atomic mass is 16.6. The second-order valence-electron chi connectivity index (χ2n) is 7.57. The zero-order chi connectivity index (χ0) is 17.0. The molecular weight excluding hydrogens is 270 g/mol. The molecule has 0 unspecified atom stereocenters. The fourth-order valence-electron chi connectivity index (χ4n) is 2.53. The normalized spacial score (nSPS) is 12.7. The maximum absolute atomic E-state index is 12.3. The monoisotopic (exact) mass is 301 g/mol. The van der Waals surface area contributed by atoms with Crippen LogP contribution in [0.5, 0.6) is 0 Å². The lowest BCUT2D eigenvalue weighted by molar-refractivity contribution is -0.153. The van der Waals surface area contributed by atoms with Gasteiger partial charge in [0.2, 0.25) is 0 Å². The van der Waals surface area contributed by atoms with Gasteiger partial charge in [-0.2, -0.15) is 0 Å². The van der Waals surface area contributed by atoms with Crippen LogP contribution in [-0.2, 0) is 9.53 Å². The first-order chi connectivity index (χ1) is 9.31. The Bertz CT molecular complexity index is 359. The van der Waals surface area contributed by atoms with E-state index in [1.54, 1.807) is 20.8 Å². The number of hydrogen-bond acceptors (Lipinski definition) is 3. The first-order valence-electron chi connectivity index (χ1n) is 7.52. The molecule has 124 valence electrons. The van der Waals surface area contributed by atoms with E-state index >= 15 is 0 Å². The molecule has 0 spiro atoms. The molecule has 1 amide bonds. The molecule has 0 aliphatic heterocycles. The summed E-state index contributed by atoms with van der Waals surface area (Å²) in [6, 6.07) is 0. The zero-order valence-electron chi connectivity index (χ0n) is 14.7. The maximum Gasteiger partial charge on any atom is 0.410 e. The van der Waals surface area contributed by atoms with Gasteiger partial charge in [0.05, 0.1) is 0 Å². The fraction of sp³-hybridized carbons (Fsp3) is 0.875. The molecule has 0 heterocycles. The molecular formula is C16H31NO4. The van der Waals surface area contributed by atoms with E-state index < -0.39 is 23.2 Å². The summed E-state index contributed by atoms with van der Waals surface area (Å²) in [6.45, 7) is 13.1. The van der Waals surface area contributed by atoms with E-state index in [0.29, 0.717) is 12.8 Å². The van der Waals surface area contributed by atoms with Crippen LogP contribution in [0.3, 0.4) is 0 Å². The van der Waals surface area contributed by atoms with Crippen molar-refractivity contribution in [3.05, 3.63) is 0 Å². The van der Waals surface area contributed by atoms with Crippen LogP contribution in [0.25, 0.3) is 0 Å². The summed E-state index contributed by atoms with van der Waals surface area (Å²) >= 11 is 0. The molecule has 0 saturated heterocycles. The lowest BCUT2D eigenvalue weighted by Crippen LogP contribution is -2.57. The SMILES string of the molecule is CC(C)CC(CC(C)C)(C(=O)O)N(C)C(=O)OC(C)(C)C. The molecule has 0 aromatic carbocycles. The summed E-state index contributed by atoms with van der Waals surface area (Å²) in [4.78, 5) is 25.5. The Labute approximate surface area is 128 Å². The summed E-state index contributed by atoms with van der Waals surface area (Å²) in [6.07, 6.45) is 0.207. The number of likely N-dealkylation sites (N-methyl/N-ethyl adjacent to an activating group) is 1. The molecule has 0 bridgehead atoms. The standard InChI is InChI=1S/C16H31NO4/c1-11(2)9-16(13(18)19,10-12(3)4)17(8)14(20)21-15(5,6)7/h11-12H,9-10H2,1-8H3,(H,18,19).